The van der Waals surface area contributed by atoms with Gasteiger partial charge in [-0.3, -0.25) is 19.0 Å². The predicted molar refractivity (Wildman–Crippen MR) is 151 cm³/mol. The summed E-state index contributed by atoms with van der Waals surface area (Å²) in [5.74, 6) is -0.748. The topological polar surface area (TPSA) is 117 Å². The molecule has 0 radical (unpaired) electrons. The number of allylic oxidation sites excluding steroid dienone is 4. The van der Waals surface area contributed by atoms with Crippen molar-refractivity contribution in [1.82, 2.24) is 19.8 Å². The molecule has 3 rings (SSSR count). The Morgan fingerprint density at radius 2 is 2.03 bits per heavy atom. The van der Waals surface area contributed by atoms with E-state index in [2.05, 4.69) is 36.0 Å². The fourth-order valence-corrected chi connectivity index (χ4v) is 4.32. The molecule has 3 N–H and O–H groups in total. The fourth-order valence-electron chi connectivity index (χ4n) is 4.25. The summed E-state index contributed by atoms with van der Waals surface area (Å²) < 4.78 is 1.26. The van der Waals surface area contributed by atoms with E-state index in [0.717, 1.165) is 5.57 Å². The van der Waals surface area contributed by atoms with Gasteiger partial charge < -0.3 is 20.6 Å². The number of aliphatic hydroxyl groups excluding tert-OH is 1. The molecule has 1 atom stereocenters. The van der Waals surface area contributed by atoms with E-state index in [1.807, 2.05) is 13.0 Å². The number of nitrogens with zero attached hydrogens (tertiary/aromatic N) is 3. The van der Waals surface area contributed by atoms with Crippen molar-refractivity contribution in [3.8, 4) is 0 Å². The minimum atomic E-state index is -0.587. The van der Waals surface area contributed by atoms with Gasteiger partial charge in [0, 0.05) is 48.0 Å². The van der Waals surface area contributed by atoms with Crippen molar-refractivity contribution in [3.63, 3.8) is 0 Å². The largest absolute Gasteiger partial charge is 0.394 e. The molecule has 3 heterocycles. The first kappa shape index (κ1) is 29.1. The van der Waals surface area contributed by atoms with Crippen LogP contribution in [0.2, 0.25) is 0 Å². The minimum Gasteiger partial charge on any atom is -0.394 e. The van der Waals surface area contributed by atoms with Crippen LogP contribution in [0.4, 0.5) is 5.69 Å². The molecule has 2 aromatic rings. The molecule has 9 nitrogen and oxygen atoms in total. The van der Waals surface area contributed by atoms with Gasteiger partial charge in [0.15, 0.2) is 0 Å². The Kier molecular flexibility index (Phi) is 9.51. The third-order valence-electron chi connectivity index (χ3n) is 6.32. The summed E-state index contributed by atoms with van der Waals surface area (Å²) in [6.07, 6.45) is 7.18. The lowest BCUT2D eigenvalue weighted by molar-refractivity contribution is -0.142. The van der Waals surface area contributed by atoms with Gasteiger partial charge in [0.2, 0.25) is 5.91 Å². The second-order valence-electron chi connectivity index (χ2n) is 10.5. The summed E-state index contributed by atoms with van der Waals surface area (Å²) in [6, 6.07) is 2.93. The van der Waals surface area contributed by atoms with Crippen molar-refractivity contribution in [3.05, 3.63) is 69.7 Å². The summed E-state index contributed by atoms with van der Waals surface area (Å²) in [7, 11) is 0. The first-order valence-corrected chi connectivity index (χ1v) is 12.9. The molecule has 10 heteroatoms. The molecule has 204 valence electrons. The lowest BCUT2D eigenvalue weighted by Gasteiger charge is -2.45. The highest BCUT2D eigenvalue weighted by Crippen LogP contribution is 2.29. The van der Waals surface area contributed by atoms with Gasteiger partial charge in [-0.25, -0.2) is 4.98 Å². The Balaban J connectivity index is 1.93. The maximum atomic E-state index is 13.5. The number of hydrogen-bond donors (Lipinski definition) is 3. The number of aromatic nitrogens is 2. The number of nitrogens with one attached hydrogen (secondary N) is 2. The van der Waals surface area contributed by atoms with Crippen molar-refractivity contribution in [2.45, 2.75) is 46.7 Å². The second kappa shape index (κ2) is 12.4. The second-order valence-corrected chi connectivity index (χ2v) is 10.9. The van der Waals surface area contributed by atoms with E-state index in [1.54, 1.807) is 24.0 Å². The number of pyridine rings is 2. The lowest BCUT2D eigenvalue weighted by Crippen LogP contribution is -2.56. The van der Waals surface area contributed by atoms with E-state index in [1.165, 1.54) is 22.9 Å². The zero-order valence-corrected chi connectivity index (χ0v) is 23.1. The number of aliphatic hydroxyl groups is 1. The SMILES string of the molecule is C=C/C(Cl)=C\C=C(/C)CCNC(=O)c1cc2c(NC(C)CO)ccnc2n(CC(=O)N2CC(C)(C)C2)c1=O. The van der Waals surface area contributed by atoms with Crippen molar-refractivity contribution < 1.29 is 14.7 Å². The molecule has 2 aromatic heterocycles. The van der Waals surface area contributed by atoms with Crippen LogP contribution in [0.15, 0.2) is 58.5 Å². The number of carbonyl (C=O) groups excluding carboxylic acids is 2. The molecule has 38 heavy (non-hydrogen) atoms. The van der Waals surface area contributed by atoms with E-state index >= 15 is 0 Å². The van der Waals surface area contributed by atoms with Crippen molar-refractivity contribution in [2.24, 2.45) is 5.41 Å². The Bertz CT molecular complexity index is 1340. The third kappa shape index (κ3) is 7.11. The maximum Gasteiger partial charge on any atom is 0.265 e. The highest BCUT2D eigenvalue weighted by Gasteiger charge is 2.37. The van der Waals surface area contributed by atoms with Crippen LogP contribution in [0.5, 0.6) is 0 Å². The highest BCUT2D eigenvalue weighted by molar-refractivity contribution is 6.31. The summed E-state index contributed by atoms with van der Waals surface area (Å²) >= 11 is 5.93. The van der Waals surface area contributed by atoms with Crippen molar-refractivity contribution >= 4 is 40.1 Å². The van der Waals surface area contributed by atoms with Crippen LogP contribution in [-0.4, -0.2) is 63.7 Å². The molecule has 0 aliphatic carbocycles. The average molecular weight is 542 g/mol. The molecule has 0 bridgehead atoms. The molecule has 2 amide bonds. The Labute approximate surface area is 227 Å². The zero-order chi connectivity index (χ0) is 28.0. The van der Waals surface area contributed by atoms with E-state index in [4.69, 9.17) is 11.6 Å². The summed E-state index contributed by atoms with van der Waals surface area (Å²) in [5.41, 5.74) is 1.24. The highest BCUT2D eigenvalue weighted by atomic mass is 35.5. The van der Waals surface area contributed by atoms with E-state index in [-0.39, 0.29) is 36.1 Å². The van der Waals surface area contributed by atoms with Gasteiger partial charge >= 0.3 is 0 Å². The van der Waals surface area contributed by atoms with E-state index in [9.17, 15) is 19.5 Å². The number of likely N-dealkylation sites (tertiary alicyclic amines) is 1. The molecule has 0 saturated carbocycles. The molecule has 0 spiro atoms. The average Bonchev–Trinajstić information content (AvgIpc) is 2.86. The molecule has 1 aliphatic rings. The first-order chi connectivity index (χ1) is 18.0. The van der Waals surface area contributed by atoms with Crippen LogP contribution in [-0.2, 0) is 11.3 Å². The number of carbonyl (C=O) groups is 2. The van der Waals surface area contributed by atoms with Crippen LogP contribution in [0.3, 0.4) is 0 Å². The van der Waals surface area contributed by atoms with Gasteiger partial charge in [0.05, 0.1) is 6.61 Å². The van der Waals surface area contributed by atoms with Crippen molar-refractivity contribution in [1.29, 1.82) is 0 Å². The number of anilines is 1. The van der Waals surface area contributed by atoms with Gasteiger partial charge in [-0.2, -0.15) is 0 Å². The Hall–Kier alpha value is -3.43. The summed E-state index contributed by atoms with van der Waals surface area (Å²) in [6.45, 7) is 12.6. The lowest BCUT2D eigenvalue weighted by atomic mass is 9.84. The Morgan fingerprint density at radius 3 is 2.66 bits per heavy atom. The number of hydrogen-bond acceptors (Lipinski definition) is 6. The molecule has 1 aliphatic heterocycles. The zero-order valence-electron chi connectivity index (χ0n) is 22.4. The molecular weight excluding hydrogens is 506 g/mol. The maximum absolute atomic E-state index is 13.5. The predicted octanol–water partition coefficient (Wildman–Crippen LogP) is 3.43. The molecule has 0 aromatic carbocycles. The normalized spacial score (nSPS) is 16.1. The summed E-state index contributed by atoms with van der Waals surface area (Å²) in [4.78, 5) is 45.7. The van der Waals surface area contributed by atoms with Crippen LogP contribution in [0.1, 0.15) is 44.5 Å². The monoisotopic (exact) mass is 541 g/mol. The first-order valence-electron chi connectivity index (χ1n) is 12.6. The third-order valence-corrected chi connectivity index (χ3v) is 6.60. The van der Waals surface area contributed by atoms with Gasteiger partial charge in [-0.05, 0) is 43.9 Å². The molecule has 1 unspecified atom stereocenters. The molecular formula is C28H36ClN5O4. The molecule has 1 fully saturated rings. The standard InChI is InChI=1S/C28H36ClN5O4/c1-6-20(29)8-7-18(2)9-11-31-26(37)22-13-21-23(32-19(3)15-35)10-12-30-25(21)34(27(22)38)14-24(36)33-16-28(4,5)17-33/h6-8,10,12-13,19,35H,1,9,11,14-17H2,2-5H3,(H,30,32)(H,31,37)/b18-7+,20-8+. The van der Waals surface area contributed by atoms with Crippen LogP contribution < -0.4 is 16.2 Å². The van der Waals surface area contributed by atoms with Gasteiger partial charge in [-0.1, -0.05) is 49.8 Å². The smallest absolute Gasteiger partial charge is 0.265 e. The number of amides is 2. The molecule has 1 saturated heterocycles. The van der Waals surface area contributed by atoms with Crippen LogP contribution in [0.25, 0.3) is 11.0 Å². The van der Waals surface area contributed by atoms with Crippen LogP contribution in [0, 0.1) is 5.41 Å². The van der Waals surface area contributed by atoms with Gasteiger partial charge in [0.25, 0.3) is 11.5 Å². The van der Waals surface area contributed by atoms with Crippen molar-refractivity contribution in [2.75, 3.05) is 31.6 Å². The summed E-state index contributed by atoms with van der Waals surface area (Å²) in [5, 5.41) is 16.5. The van der Waals surface area contributed by atoms with Gasteiger partial charge in [0.1, 0.15) is 17.8 Å². The number of fused-ring (bicyclic) bond motifs is 1. The Morgan fingerprint density at radius 1 is 1.32 bits per heavy atom. The van der Waals surface area contributed by atoms with Crippen LogP contribution >= 0.6 is 11.6 Å². The fraction of sp³-hybridized carbons (Fsp3) is 0.429. The number of rotatable bonds is 11. The van der Waals surface area contributed by atoms with E-state index in [0.29, 0.717) is 47.8 Å². The quantitative estimate of drug-likeness (QED) is 0.375. The minimum absolute atomic E-state index is 0.0413. The van der Waals surface area contributed by atoms with Gasteiger partial charge in [-0.15, -0.1) is 0 Å². The number of halogens is 1. The van der Waals surface area contributed by atoms with E-state index < -0.39 is 11.5 Å².